The largest absolute Gasteiger partial charge is 0.429 e. The predicted molar refractivity (Wildman–Crippen MR) is 83.8 cm³/mol. The van der Waals surface area contributed by atoms with Crippen molar-refractivity contribution < 1.29 is 8.81 Å². The molecule has 9 heteroatoms. The van der Waals surface area contributed by atoms with Crippen LogP contribution in [-0.4, -0.2) is 18.9 Å². The van der Waals surface area contributed by atoms with E-state index in [0.717, 1.165) is 21.5 Å². The van der Waals surface area contributed by atoms with Gasteiger partial charge in [0.05, 0.1) is 5.52 Å². The number of oxazole rings is 1. The number of hydrogen-bond acceptors (Lipinski definition) is 5. The Hall–Kier alpha value is -2.81. The van der Waals surface area contributed by atoms with Crippen LogP contribution in [0.25, 0.3) is 16.8 Å². The number of fused-ring (bicyclic) bond motifs is 1. The molecule has 3 rings (SSSR count). The molecule has 1 aromatic carbocycles. The van der Waals surface area contributed by atoms with Gasteiger partial charge in [0.1, 0.15) is 11.9 Å². The van der Waals surface area contributed by atoms with Gasteiger partial charge in [-0.15, -0.1) is 6.58 Å². The molecule has 23 heavy (non-hydrogen) atoms. The smallest absolute Gasteiger partial charge is 0.352 e. The van der Waals surface area contributed by atoms with Gasteiger partial charge in [0.25, 0.3) is 10.4 Å². The Morgan fingerprint density at radius 1 is 1.43 bits per heavy atom. The minimum atomic E-state index is -0.756. The molecular weight excluding hydrogens is 323 g/mol. The van der Waals surface area contributed by atoms with Crippen LogP contribution in [0.2, 0.25) is 0 Å². The lowest BCUT2D eigenvalue weighted by molar-refractivity contribution is 0.545. The van der Waals surface area contributed by atoms with Crippen molar-refractivity contribution in [3.05, 3.63) is 62.5 Å². The number of hydrogen-bond donors (Lipinski definition) is 0. The van der Waals surface area contributed by atoms with Crippen molar-refractivity contribution in [2.24, 2.45) is 7.05 Å². The molecule has 0 aliphatic rings. The summed E-state index contributed by atoms with van der Waals surface area (Å²) in [6.45, 7) is 4.00. The molecule has 0 fully saturated rings. The average molecular weight is 334 g/mol. The monoisotopic (exact) mass is 334 g/mol. The van der Waals surface area contributed by atoms with Crippen LogP contribution in [-0.2, 0) is 13.6 Å². The van der Waals surface area contributed by atoms with Crippen LogP contribution in [0.3, 0.4) is 0 Å². The first-order valence-electron chi connectivity index (χ1n) is 6.53. The summed E-state index contributed by atoms with van der Waals surface area (Å²) in [4.78, 5) is 23.7. The first-order chi connectivity index (χ1) is 10.9. The van der Waals surface area contributed by atoms with E-state index in [4.69, 9.17) is 16.6 Å². The Bertz CT molecular complexity index is 1110. The van der Waals surface area contributed by atoms with Gasteiger partial charge in [-0.2, -0.15) is 9.78 Å². The number of nitrogens with zero attached hydrogens (tertiary/aromatic N) is 4. The third-order valence-electron chi connectivity index (χ3n) is 3.36. The van der Waals surface area contributed by atoms with Crippen LogP contribution in [0, 0.1) is 10.7 Å². The summed E-state index contributed by atoms with van der Waals surface area (Å²) in [5.41, 5.74) is -0.699. The molecule has 118 valence electrons. The lowest BCUT2D eigenvalue weighted by atomic mass is 10.2. The molecule has 0 aliphatic heterocycles. The first-order valence-corrected chi connectivity index (χ1v) is 6.94. The first kappa shape index (κ1) is 15.1. The molecule has 0 amide bonds. The second kappa shape index (κ2) is 5.43. The minimum absolute atomic E-state index is 0.105. The Morgan fingerprint density at radius 3 is 2.87 bits per heavy atom. The molecule has 0 N–H and O–H groups in total. The predicted octanol–water partition coefficient (Wildman–Crippen LogP) is 1.53. The highest BCUT2D eigenvalue weighted by Crippen LogP contribution is 2.23. The van der Waals surface area contributed by atoms with Gasteiger partial charge in [0.15, 0.2) is 11.4 Å². The summed E-state index contributed by atoms with van der Waals surface area (Å²) in [6, 6.07) is 2.52. The maximum absolute atomic E-state index is 14.3. The van der Waals surface area contributed by atoms with E-state index >= 15 is 0 Å². The Balaban J connectivity index is 2.37. The Morgan fingerprint density at radius 2 is 2.17 bits per heavy atom. The van der Waals surface area contributed by atoms with Gasteiger partial charge >= 0.3 is 5.69 Å². The fraction of sp³-hybridized carbons (Fsp3) is 0.143. The quantitative estimate of drug-likeness (QED) is 0.536. The van der Waals surface area contributed by atoms with Gasteiger partial charge in [-0.05, 0) is 18.3 Å². The average Bonchev–Trinajstić information content (AvgIpc) is 2.80. The van der Waals surface area contributed by atoms with Gasteiger partial charge in [-0.25, -0.2) is 9.18 Å². The van der Waals surface area contributed by atoms with Crippen molar-refractivity contribution in [2.75, 3.05) is 0 Å². The molecule has 0 aliphatic carbocycles. The number of halogens is 1. The molecule has 7 nitrogen and oxygen atoms in total. The van der Waals surface area contributed by atoms with Crippen LogP contribution < -0.4 is 11.2 Å². The number of rotatable bonds is 3. The van der Waals surface area contributed by atoms with Crippen molar-refractivity contribution in [1.29, 1.82) is 0 Å². The van der Waals surface area contributed by atoms with E-state index in [-0.39, 0.29) is 16.1 Å². The zero-order chi connectivity index (χ0) is 16.7. The molecular formula is C14H11FN4O3S. The molecule has 0 radical (unpaired) electrons. The highest BCUT2D eigenvalue weighted by atomic mass is 32.1. The second-order valence-corrected chi connectivity index (χ2v) is 5.12. The summed E-state index contributed by atoms with van der Waals surface area (Å²) in [7, 11) is 1.29. The standard InChI is InChI=1S/C14H11FN4O3S/c1-3-4-18-10-6-9(8(15)5-11(10)22-14(18)23)19-13(21)17(2)12(20)7-16-19/h3,5-7H,1,4H2,2H3. The van der Waals surface area contributed by atoms with Crippen LogP contribution in [0.5, 0.6) is 0 Å². The zero-order valence-electron chi connectivity index (χ0n) is 12.0. The Kier molecular flexibility index (Phi) is 3.57. The molecule has 0 unspecified atom stereocenters. The number of aromatic nitrogens is 4. The van der Waals surface area contributed by atoms with Crippen molar-refractivity contribution >= 4 is 23.3 Å². The number of benzene rings is 1. The van der Waals surface area contributed by atoms with Gasteiger partial charge < -0.3 is 4.42 Å². The van der Waals surface area contributed by atoms with Crippen molar-refractivity contribution in [2.45, 2.75) is 6.54 Å². The second-order valence-electron chi connectivity index (χ2n) is 4.77. The molecule has 0 bridgehead atoms. The number of allylic oxidation sites excluding steroid dienone is 1. The minimum Gasteiger partial charge on any atom is -0.429 e. The molecule has 0 atom stereocenters. The topological polar surface area (TPSA) is 75.0 Å². The van der Waals surface area contributed by atoms with E-state index < -0.39 is 17.1 Å². The summed E-state index contributed by atoms with van der Waals surface area (Å²) in [5.74, 6) is -0.722. The maximum atomic E-state index is 14.3. The summed E-state index contributed by atoms with van der Waals surface area (Å²) >= 11 is 5.08. The third-order valence-corrected chi connectivity index (χ3v) is 3.66. The third kappa shape index (κ3) is 2.34. The Labute approximate surface area is 133 Å². The van der Waals surface area contributed by atoms with Crippen molar-refractivity contribution in [3.8, 4) is 5.69 Å². The van der Waals surface area contributed by atoms with Crippen molar-refractivity contribution in [1.82, 2.24) is 18.9 Å². The maximum Gasteiger partial charge on any atom is 0.352 e. The van der Waals surface area contributed by atoms with E-state index in [9.17, 15) is 14.0 Å². The van der Waals surface area contributed by atoms with E-state index in [2.05, 4.69) is 11.7 Å². The fourth-order valence-corrected chi connectivity index (χ4v) is 2.44. The molecule has 2 heterocycles. The lowest BCUT2D eigenvalue weighted by Crippen LogP contribution is -2.38. The van der Waals surface area contributed by atoms with E-state index in [0.29, 0.717) is 12.1 Å². The molecule has 0 spiro atoms. The van der Waals surface area contributed by atoms with Crippen LogP contribution in [0.15, 0.2) is 45.0 Å². The highest BCUT2D eigenvalue weighted by Gasteiger charge is 2.15. The normalized spacial score (nSPS) is 11.0. The van der Waals surface area contributed by atoms with Crippen molar-refractivity contribution in [3.63, 3.8) is 0 Å². The van der Waals surface area contributed by atoms with Gasteiger partial charge in [0.2, 0.25) is 0 Å². The van der Waals surface area contributed by atoms with E-state index in [1.165, 1.54) is 13.1 Å². The summed E-state index contributed by atoms with van der Waals surface area (Å²) < 4.78 is 22.9. The van der Waals surface area contributed by atoms with Crippen LogP contribution >= 0.6 is 12.2 Å². The fourth-order valence-electron chi connectivity index (χ4n) is 2.18. The molecule has 0 saturated carbocycles. The lowest BCUT2D eigenvalue weighted by Gasteiger charge is -2.07. The van der Waals surface area contributed by atoms with E-state index in [1.807, 2.05) is 0 Å². The van der Waals surface area contributed by atoms with Gasteiger partial charge in [-0.3, -0.25) is 13.9 Å². The zero-order valence-corrected chi connectivity index (χ0v) is 12.8. The van der Waals surface area contributed by atoms with Crippen LogP contribution in [0.4, 0.5) is 4.39 Å². The summed E-state index contributed by atoms with van der Waals surface area (Å²) in [5, 5.41) is 3.70. The van der Waals surface area contributed by atoms with E-state index in [1.54, 1.807) is 10.6 Å². The molecule has 2 aromatic heterocycles. The van der Waals surface area contributed by atoms with Crippen LogP contribution in [0.1, 0.15) is 0 Å². The molecule has 3 aromatic rings. The molecule has 0 saturated heterocycles. The van der Waals surface area contributed by atoms with Gasteiger partial charge in [0, 0.05) is 19.7 Å². The summed E-state index contributed by atoms with van der Waals surface area (Å²) in [6.07, 6.45) is 2.56. The highest BCUT2D eigenvalue weighted by molar-refractivity contribution is 7.71. The van der Waals surface area contributed by atoms with Gasteiger partial charge in [-0.1, -0.05) is 6.08 Å². The SMILES string of the molecule is C=CCn1c(=S)oc2cc(F)c(-n3ncc(=O)n(C)c3=O)cc21.